The van der Waals surface area contributed by atoms with Crippen LogP contribution in [-0.4, -0.2) is 48.1 Å². The Bertz CT molecular complexity index is 1590. The first-order valence-electron chi connectivity index (χ1n) is 10.4. The Balaban J connectivity index is 1.50. The predicted octanol–water partition coefficient (Wildman–Crippen LogP) is 3.89. The Hall–Kier alpha value is -4.13. The van der Waals surface area contributed by atoms with Crippen molar-refractivity contribution in [1.82, 2.24) is 29.9 Å². The van der Waals surface area contributed by atoms with Crippen LogP contribution in [0.1, 0.15) is 16.1 Å². The molecule has 0 amide bonds. The number of nitrogen functional groups attached to an aromatic ring is 1. The molecule has 11 heteroatoms. The van der Waals surface area contributed by atoms with Crippen LogP contribution in [0.5, 0.6) is 5.75 Å². The first kappa shape index (κ1) is 22.7. The van der Waals surface area contributed by atoms with E-state index in [9.17, 15) is 9.90 Å². The first-order valence-corrected chi connectivity index (χ1v) is 11.5. The summed E-state index contributed by atoms with van der Waals surface area (Å²) in [6.45, 7) is 0.328. The van der Waals surface area contributed by atoms with Gasteiger partial charge in [0.15, 0.2) is 0 Å². The van der Waals surface area contributed by atoms with Crippen molar-refractivity contribution in [1.29, 1.82) is 0 Å². The number of para-hydroxylation sites is 1. The number of carboxylic acid groups (broad SMARTS) is 1. The van der Waals surface area contributed by atoms with Crippen LogP contribution >= 0.6 is 22.6 Å². The summed E-state index contributed by atoms with van der Waals surface area (Å²) in [5.41, 5.74) is 9.67. The number of ether oxygens (including phenoxy) is 1. The van der Waals surface area contributed by atoms with Crippen LogP contribution in [0.25, 0.3) is 33.5 Å². The number of rotatable bonds is 6. The summed E-state index contributed by atoms with van der Waals surface area (Å²) in [5, 5.41) is 18.9. The third-order valence-corrected chi connectivity index (χ3v) is 6.24. The molecule has 0 aliphatic heterocycles. The van der Waals surface area contributed by atoms with Crippen LogP contribution in [0.15, 0.2) is 60.8 Å². The second kappa shape index (κ2) is 9.25. The van der Waals surface area contributed by atoms with Crippen molar-refractivity contribution in [2.45, 2.75) is 6.54 Å². The number of nitrogens with zero attached hydrogens (tertiary/aromatic N) is 6. The first-order chi connectivity index (χ1) is 16.9. The third-order valence-electron chi connectivity index (χ3n) is 5.34. The van der Waals surface area contributed by atoms with Gasteiger partial charge in [0.1, 0.15) is 22.7 Å². The van der Waals surface area contributed by atoms with Crippen molar-refractivity contribution in [3.05, 3.63) is 75.6 Å². The van der Waals surface area contributed by atoms with Gasteiger partial charge in [-0.15, -0.1) is 5.10 Å². The van der Waals surface area contributed by atoms with E-state index in [0.29, 0.717) is 46.2 Å². The van der Waals surface area contributed by atoms with Gasteiger partial charge in [-0.1, -0.05) is 29.5 Å². The Morgan fingerprint density at radius 3 is 2.66 bits per heavy atom. The number of anilines is 1. The largest absolute Gasteiger partial charge is 0.494 e. The van der Waals surface area contributed by atoms with E-state index in [1.165, 1.54) is 0 Å². The Morgan fingerprint density at radius 1 is 1.06 bits per heavy atom. The number of halogens is 1. The molecule has 0 aliphatic carbocycles. The minimum Gasteiger partial charge on any atom is -0.494 e. The second-order valence-corrected chi connectivity index (χ2v) is 8.73. The van der Waals surface area contributed by atoms with E-state index in [0.717, 1.165) is 8.96 Å². The van der Waals surface area contributed by atoms with Gasteiger partial charge < -0.3 is 15.6 Å². The molecular weight excluding hydrogens is 561 g/mol. The lowest BCUT2D eigenvalue weighted by atomic mass is 10.0. The number of benzene rings is 2. The molecule has 174 valence electrons. The van der Waals surface area contributed by atoms with Crippen LogP contribution in [0.4, 0.5) is 5.95 Å². The number of nitrogens with two attached hydrogens (primary N) is 1. The van der Waals surface area contributed by atoms with E-state index in [1.54, 1.807) is 42.3 Å². The molecule has 0 radical (unpaired) electrons. The lowest BCUT2D eigenvalue weighted by Crippen LogP contribution is -2.05. The van der Waals surface area contributed by atoms with E-state index >= 15 is 0 Å². The van der Waals surface area contributed by atoms with E-state index < -0.39 is 5.97 Å². The summed E-state index contributed by atoms with van der Waals surface area (Å²) >= 11 is 2.12. The highest BCUT2D eigenvalue weighted by Crippen LogP contribution is 2.31. The number of aromatic carboxylic acids is 1. The molecule has 5 aromatic rings. The summed E-state index contributed by atoms with van der Waals surface area (Å²) < 4.78 is 7.85. The quantitative estimate of drug-likeness (QED) is 0.287. The van der Waals surface area contributed by atoms with Crippen LogP contribution in [0.3, 0.4) is 0 Å². The van der Waals surface area contributed by atoms with Crippen LogP contribution in [0, 0.1) is 3.57 Å². The van der Waals surface area contributed by atoms with E-state index in [1.807, 2.05) is 30.3 Å². The summed E-state index contributed by atoms with van der Waals surface area (Å²) in [7, 11) is 1.57. The Kier molecular flexibility index (Phi) is 5.99. The maximum atomic E-state index is 11.7. The molecule has 5 rings (SSSR count). The van der Waals surface area contributed by atoms with Gasteiger partial charge in [0.05, 0.1) is 36.8 Å². The molecule has 3 aromatic heterocycles. The highest BCUT2D eigenvalue weighted by Gasteiger charge is 2.17. The number of hydrogen-bond donors (Lipinski definition) is 2. The van der Waals surface area contributed by atoms with Crippen molar-refractivity contribution in [2.24, 2.45) is 0 Å². The fraction of sp³-hybridized carbons (Fsp3) is 0.0833. The predicted molar refractivity (Wildman–Crippen MR) is 138 cm³/mol. The number of pyridine rings is 1. The molecule has 0 atom stereocenters. The fourth-order valence-corrected chi connectivity index (χ4v) is 4.60. The summed E-state index contributed by atoms with van der Waals surface area (Å²) in [6, 6.07) is 16.2. The SMILES string of the molecule is COc1cccc2c(-c3cn(Cc4cccc(-c5c(I)cccc5C(=O)O)n4)nn3)nc(N)nc12. The molecule has 2 aromatic carbocycles. The number of carbonyl (C=O) groups is 1. The zero-order chi connectivity index (χ0) is 24.5. The van der Waals surface area contributed by atoms with Gasteiger partial charge in [0.25, 0.3) is 0 Å². The normalized spacial score (nSPS) is 11.0. The van der Waals surface area contributed by atoms with Crippen molar-refractivity contribution in [3.63, 3.8) is 0 Å². The standard InChI is InChI=1S/C24H18IN7O3/c1-35-19-10-4-7-15-21(28-24(26)29-22(15)19)18-12-32(31-30-18)11-13-5-2-9-17(27-13)20-14(23(33)34)6-3-8-16(20)25/h2-10,12H,11H2,1H3,(H,33,34)(H2,26,28,29). The van der Waals surface area contributed by atoms with E-state index in [4.69, 9.17) is 15.5 Å². The molecule has 0 bridgehead atoms. The number of carboxylic acids is 1. The fourth-order valence-electron chi connectivity index (χ4n) is 3.82. The molecule has 3 N–H and O–H groups in total. The molecule has 35 heavy (non-hydrogen) atoms. The summed E-state index contributed by atoms with van der Waals surface area (Å²) in [4.78, 5) is 25.1. The maximum absolute atomic E-state index is 11.7. The third kappa shape index (κ3) is 4.37. The number of aromatic nitrogens is 6. The van der Waals surface area contributed by atoms with Gasteiger partial charge in [-0.25, -0.2) is 19.4 Å². The average Bonchev–Trinajstić information content (AvgIpc) is 3.31. The topological polar surface area (TPSA) is 142 Å². The molecule has 0 saturated heterocycles. The Morgan fingerprint density at radius 2 is 1.86 bits per heavy atom. The molecule has 0 aliphatic rings. The van der Waals surface area contributed by atoms with E-state index in [-0.39, 0.29) is 11.5 Å². The van der Waals surface area contributed by atoms with Gasteiger partial charge in [-0.05, 0) is 52.9 Å². The van der Waals surface area contributed by atoms with Gasteiger partial charge in [-0.3, -0.25) is 4.98 Å². The lowest BCUT2D eigenvalue weighted by Gasteiger charge is -2.10. The van der Waals surface area contributed by atoms with Gasteiger partial charge in [0.2, 0.25) is 5.95 Å². The summed E-state index contributed by atoms with van der Waals surface area (Å²) in [6.07, 6.45) is 1.75. The van der Waals surface area contributed by atoms with Gasteiger partial charge in [0, 0.05) is 14.5 Å². The maximum Gasteiger partial charge on any atom is 0.336 e. The molecule has 0 unspecified atom stereocenters. The molecule has 0 saturated carbocycles. The van der Waals surface area contributed by atoms with Crippen LogP contribution in [0.2, 0.25) is 0 Å². The summed E-state index contributed by atoms with van der Waals surface area (Å²) in [5.74, 6) is -0.310. The van der Waals surface area contributed by atoms with Gasteiger partial charge in [-0.2, -0.15) is 0 Å². The van der Waals surface area contributed by atoms with Crippen molar-refractivity contribution in [2.75, 3.05) is 12.8 Å². The molecule has 0 spiro atoms. The highest BCUT2D eigenvalue weighted by atomic mass is 127. The zero-order valence-corrected chi connectivity index (χ0v) is 20.5. The highest BCUT2D eigenvalue weighted by molar-refractivity contribution is 14.1. The number of hydrogen-bond acceptors (Lipinski definition) is 8. The zero-order valence-electron chi connectivity index (χ0n) is 18.4. The number of methoxy groups -OCH3 is 1. The van der Waals surface area contributed by atoms with Crippen LogP contribution < -0.4 is 10.5 Å². The van der Waals surface area contributed by atoms with E-state index in [2.05, 4.69) is 42.9 Å². The average molecular weight is 579 g/mol. The molecule has 3 heterocycles. The Labute approximate surface area is 213 Å². The minimum atomic E-state index is -1.00. The number of fused-ring (bicyclic) bond motifs is 1. The molecular formula is C24H18IN7O3. The smallest absolute Gasteiger partial charge is 0.336 e. The van der Waals surface area contributed by atoms with Crippen LogP contribution in [-0.2, 0) is 6.54 Å². The second-order valence-electron chi connectivity index (χ2n) is 7.57. The minimum absolute atomic E-state index is 0.104. The molecule has 10 nitrogen and oxygen atoms in total. The molecule has 0 fully saturated rings. The van der Waals surface area contributed by atoms with Crippen molar-refractivity contribution in [3.8, 4) is 28.4 Å². The van der Waals surface area contributed by atoms with Gasteiger partial charge >= 0.3 is 5.97 Å². The monoisotopic (exact) mass is 579 g/mol. The van der Waals surface area contributed by atoms with Crippen molar-refractivity contribution >= 4 is 45.4 Å². The van der Waals surface area contributed by atoms with Crippen molar-refractivity contribution < 1.29 is 14.6 Å². The lowest BCUT2D eigenvalue weighted by molar-refractivity contribution is 0.0697.